The average molecular weight is 236 g/mol. The van der Waals surface area contributed by atoms with Crippen LogP contribution in [0.3, 0.4) is 0 Å². The number of allylic oxidation sites excluding steroid dienone is 1. The Morgan fingerprint density at radius 2 is 2.12 bits per heavy atom. The molecule has 96 valence electrons. The van der Waals surface area contributed by atoms with E-state index in [1.54, 1.807) is 0 Å². The van der Waals surface area contributed by atoms with Gasteiger partial charge in [0.25, 0.3) is 0 Å². The van der Waals surface area contributed by atoms with Crippen LogP contribution in [0.15, 0.2) is 11.6 Å². The molecule has 0 aromatic heterocycles. The van der Waals surface area contributed by atoms with Gasteiger partial charge in [-0.05, 0) is 57.4 Å². The molecule has 0 aromatic rings. The Bertz CT molecular complexity index is 371. The molecule has 2 fully saturated rings. The van der Waals surface area contributed by atoms with Crippen LogP contribution in [-0.2, 0) is 4.74 Å². The van der Waals surface area contributed by atoms with Crippen LogP contribution in [0.1, 0.15) is 52.9 Å². The van der Waals surface area contributed by atoms with E-state index < -0.39 is 0 Å². The molecule has 2 aliphatic carbocycles. The van der Waals surface area contributed by atoms with Crippen LogP contribution in [0, 0.1) is 11.3 Å². The topological polar surface area (TPSA) is 29.5 Å². The summed E-state index contributed by atoms with van der Waals surface area (Å²) >= 11 is 0. The highest BCUT2D eigenvalue weighted by molar-refractivity contribution is 5.31. The van der Waals surface area contributed by atoms with Gasteiger partial charge in [0.05, 0.1) is 17.8 Å². The van der Waals surface area contributed by atoms with Crippen molar-refractivity contribution in [2.45, 2.75) is 64.1 Å². The Labute approximate surface area is 104 Å². The maximum Gasteiger partial charge on any atom is 0.0977 e. The summed E-state index contributed by atoms with van der Waals surface area (Å²) in [5, 5.41) is 9.68. The zero-order chi connectivity index (χ0) is 12.3. The van der Waals surface area contributed by atoms with Crippen molar-refractivity contribution in [2.75, 3.05) is 6.61 Å². The molecule has 2 heteroatoms. The molecule has 1 unspecified atom stereocenters. The second kappa shape index (κ2) is 3.36. The third kappa shape index (κ3) is 1.34. The first-order valence-corrected chi connectivity index (χ1v) is 6.94. The van der Waals surface area contributed by atoms with E-state index in [-0.39, 0.29) is 23.2 Å². The number of ether oxygens (including phenoxy) is 1. The molecule has 2 nitrogen and oxygen atoms in total. The minimum atomic E-state index is -0.160. The highest BCUT2D eigenvalue weighted by atomic mass is 16.5. The third-order valence-electron chi connectivity index (χ3n) is 5.75. The lowest BCUT2D eigenvalue weighted by Gasteiger charge is -2.52. The van der Waals surface area contributed by atoms with Gasteiger partial charge in [0.15, 0.2) is 0 Å². The lowest BCUT2D eigenvalue weighted by molar-refractivity contribution is -0.134. The van der Waals surface area contributed by atoms with E-state index in [2.05, 4.69) is 26.8 Å². The first-order chi connectivity index (χ1) is 7.94. The van der Waals surface area contributed by atoms with Gasteiger partial charge in [-0.3, -0.25) is 0 Å². The van der Waals surface area contributed by atoms with Crippen molar-refractivity contribution in [3.8, 4) is 0 Å². The van der Waals surface area contributed by atoms with E-state index in [0.717, 1.165) is 18.4 Å². The maximum atomic E-state index is 9.68. The molecule has 3 rings (SSSR count). The first-order valence-electron chi connectivity index (χ1n) is 6.94. The highest BCUT2D eigenvalue weighted by Crippen LogP contribution is 2.64. The van der Waals surface area contributed by atoms with E-state index in [1.165, 1.54) is 19.3 Å². The summed E-state index contributed by atoms with van der Waals surface area (Å²) in [6.07, 6.45) is 8.18. The normalized spacial score (nSPS) is 47.5. The van der Waals surface area contributed by atoms with Gasteiger partial charge in [0.1, 0.15) is 0 Å². The molecule has 1 aliphatic heterocycles. The highest BCUT2D eigenvalue weighted by Gasteiger charge is 2.64. The number of hydrogen-bond donors (Lipinski definition) is 1. The zero-order valence-corrected chi connectivity index (χ0v) is 11.3. The Kier molecular flexibility index (Phi) is 2.32. The van der Waals surface area contributed by atoms with Crippen LogP contribution in [0.2, 0.25) is 0 Å². The second-order valence-electron chi connectivity index (χ2n) is 6.96. The van der Waals surface area contributed by atoms with Gasteiger partial charge in [-0.15, -0.1) is 0 Å². The van der Waals surface area contributed by atoms with Crippen molar-refractivity contribution in [3.63, 3.8) is 0 Å². The van der Waals surface area contributed by atoms with E-state index in [0.29, 0.717) is 5.92 Å². The van der Waals surface area contributed by atoms with Crippen LogP contribution in [-0.4, -0.2) is 22.9 Å². The van der Waals surface area contributed by atoms with Crippen molar-refractivity contribution < 1.29 is 9.84 Å². The molecule has 1 N–H and O–H groups in total. The van der Waals surface area contributed by atoms with Crippen molar-refractivity contribution in [3.05, 3.63) is 11.6 Å². The van der Waals surface area contributed by atoms with Crippen molar-refractivity contribution in [1.82, 2.24) is 0 Å². The van der Waals surface area contributed by atoms with Crippen molar-refractivity contribution >= 4 is 0 Å². The van der Waals surface area contributed by atoms with Crippen LogP contribution >= 0.6 is 0 Å². The zero-order valence-electron chi connectivity index (χ0n) is 11.3. The smallest absolute Gasteiger partial charge is 0.0977 e. The van der Waals surface area contributed by atoms with Gasteiger partial charge in [-0.1, -0.05) is 13.0 Å². The molecule has 0 radical (unpaired) electrons. The lowest BCUT2D eigenvalue weighted by atomic mass is 9.55. The van der Waals surface area contributed by atoms with Gasteiger partial charge in [0.2, 0.25) is 0 Å². The Morgan fingerprint density at radius 1 is 1.35 bits per heavy atom. The molecule has 1 saturated heterocycles. The second-order valence-corrected chi connectivity index (χ2v) is 6.96. The standard InChI is InChI=1S/C15H24O2/c1-13(2)11-6-8-14(3)7-4-5-12(10-16)15(14,9-11)17-13/h5,11,16H,4,6-10H2,1-3H3/t11-,14?,15+/m1/s1. The number of fused-ring (bicyclic) bond motifs is 1. The van der Waals surface area contributed by atoms with Crippen molar-refractivity contribution in [1.29, 1.82) is 0 Å². The fourth-order valence-electron chi connectivity index (χ4n) is 4.51. The van der Waals surface area contributed by atoms with E-state index >= 15 is 0 Å². The number of aliphatic hydroxyl groups is 1. The summed E-state index contributed by atoms with van der Waals surface area (Å²) in [5.74, 6) is 0.656. The molecule has 1 spiro atoms. The van der Waals surface area contributed by atoms with Crippen LogP contribution < -0.4 is 0 Å². The molecule has 1 saturated carbocycles. The molecule has 0 amide bonds. The summed E-state index contributed by atoms with van der Waals surface area (Å²) in [7, 11) is 0. The summed E-state index contributed by atoms with van der Waals surface area (Å²) in [4.78, 5) is 0. The summed E-state index contributed by atoms with van der Waals surface area (Å²) in [6.45, 7) is 6.98. The number of aliphatic hydroxyl groups excluding tert-OH is 1. The molecule has 3 atom stereocenters. The largest absolute Gasteiger partial charge is 0.392 e. The summed E-state index contributed by atoms with van der Waals surface area (Å²) in [5.41, 5.74) is 1.21. The van der Waals surface area contributed by atoms with E-state index in [4.69, 9.17) is 4.74 Å². The van der Waals surface area contributed by atoms with Gasteiger partial charge < -0.3 is 9.84 Å². The molecular formula is C15H24O2. The predicted molar refractivity (Wildman–Crippen MR) is 67.7 cm³/mol. The van der Waals surface area contributed by atoms with Crippen molar-refractivity contribution in [2.24, 2.45) is 11.3 Å². The molecule has 17 heavy (non-hydrogen) atoms. The maximum absolute atomic E-state index is 9.68. The molecule has 0 aromatic carbocycles. The first kappa shape index (κ1) is 11.7. The third-order valence-corrected chi connectivity index (χ3v) is 5.75. The summed E-state index contributed by atoms with van der Waals surface area (Å²) in [6, 6.07) is 0. The monoisotopic (exact) mass is 236 g/mol. The van der Waals surface area contributed by atoms with E-state index in [1.807, 2.05) is 0 Å². The fourth-order valence-corrected chi connectivity index (χ4v) is 4.51. The van der Waals surface area contributed by atoms with Crippen LogP contribution in [0.25, 0.3) is 0 Å². The fraction of sp³-hybridized carbons (Fsp3) is 0.867. The van der Waals surface area contributed by atoms with E-state index in [9.17, 15) is 5.11 Å². The Hall–Kier alpha value is -0.340. The van der Waals surface area contributed by atoms with Gasteiger partial charge >= 0.3 is 0 Å². The van der Waals surface area contributed by atoms with Gasteiger partial charge in [0, 0.05) is 5.41 Å². The lowest BCUT2D eigenvalue weighted by Crippen LogP contribution is -2.52. The van der Waals surface area contributed by atoms with Crippen LogP contribution in [0.4, 0.5) is 0 Å². The Morgan fingerprint density at radius 3 is 2.82 bits per heavy atom. The molecule has 1 heterocycles. The predicted octanol–water partition coefficient (Wildman–Crippen LogP) is 3.05. The van der Waals surface area contributed by atoms with Gasteiger partial charge in [-0.25, -0.2) is 0 Å². The SMILES string of the molecule is CC1(C)O[C@]23C[C@H]1CCC2(C)CCC=C3CO. The Balaban J connectivity index is 2.10. The number of rotatable bonds is 1. The average Bonchev–Trinajstić information content (AvgIpc) is 2.49. The minimum absolute atomic E-state index is 0.0244. The minimum Gasteiger partial charge on any atom is -0.392 e. The molecular weight excluding hydrogens is 212 g/mol. The number of hydrogen-bond acceptors (Lipinski definition) is 2. The summed E-state index contributed by atoms with van der Waals surface area (Å²) < 4.78 is 6.54. The molecule has 3 aliphatic rings. The molecule has 2 bridgehead atoms. The van der Waals surface area contributed by atoms with Gasteiger partial charge in [-0.2, -0.15) is 0 Å². The van der Waals surface area contributed by atoms with Crippen LogP contribution in [0.5, 0.6) is 0 Å². The quantitative estimate of drug-likeness (QED) is 0.709.